The van der Waals surface area contributed by atoms with E-state index in [2.05, 4.69) is 31.5 Å². The monoisotopic (exact) mass is 356 g/mol. The van der Waals surface area contributed by atoms with Gasteiger partial charge in [-0.3, -0.25) is 0 Å². The third-order valence-corrected chi connectivity index (χ3v) is 4.61. The van der Waals surface area contributed by atoms with Crippen LogP contribution in [-0.4, -0.2) is 27.8 Å². The summed E-state index contributed by atoms with van der Waals surface area (Å²) < 4.78 is 0.672. The predicted molar refractivity (Wildman–Crippen MR) is 79.3 cm³/mol. The van der Waals surface area contributed by atoms with Gasteiger partial charge in [-0.15, -0.1) is 0 Å². The third-order valence-electron chi connectivity index (χ3n) is 3.14. The van der Waals surface area contributed by atoms with E-state index < -0.39 is 18.5 Å². The van der Waals surface area contributed by atoms with Gasteiger partial charge in [-0.25, -0.2) is 0 Å². The fraction of sp³-hybridized carbons (Fsp3) is 0.286. The number of carbonyl (C=O) groups is 1. The molecule has 0 bridgehead atoms. The molecule has 1 aromatic heterocycles. The van der Waals surface area contributed by atoms with E-state index in [1.807, 2.05) is 13.8 Å². The molecule has 1 aromatic carbocycles. The van der Waals surface area contributed by atoms with Crippen LogP contribution in [0.15, 0.2) is 28.4 Å². The van der Waals surface area contributed by atoms with Gasteiger partial charge in [0.1, 0.15) is 0 Å². The van der Waals surface area contributed by atoms with Crippen LogP contribution in [0.2, 0.25) is 0 Å². The first-order chi connectivity index (χ1) is 10.4. The Labute approximate surface area is 140 Å². The Hall–Kier alpha value is -1.59. The van der Waals surface area contributed by atoms with Gasteiger partial charge >= 0.3 is 140 Å². The second-order valence-corrected chi connectivity index (χ2v) is 6.47. The van der Waals surface area contributed by atoms with E-state index in [1.165, 1.54) is 11.3 Å². The van der Waals surface area contributed by atoms with Gasteiger partial charge in [-0.05, 0) is 0 Å². The molecule has 6 nitrogen and oxygen atoms in total. The number of aliphatic hydroxyl groups excluding tert-OH is 1. The van der Waals surface area contributed by atoms with E-state index in [4.69, 9.17) is 0 Å². The minimum atomic E-state index is -1.11. The van der Waals surface area contributed by atoms with Crippen molar-refractivity contribution >= 4 is 32.6 Å². The van der Waals surface area contributed by atoms with Crippen LogP contribution < -0.4 is 4.43 Å². The van der Waals surface area contributed by atoms with Crippen molar-refractivity contribution in [1.82, 2.24) is 4.98 Å². The predicted octanol–water partition coefficient (Wildman–Crippen LogP) is 2.51. The van der Waals surface area contributed by atoms with Gasteiger partial charge in [0, 0.05) is 0 Å². The van der Waals surface area contributed by atoms with Crippen LogP contribution in [0.25, 0.3) is 0 Å². The number of aliphatic hydroxyl groups is 1. The molecule has 2 N–H and O–H groups in total. The molecule has 0 aliphatic rings. The summed E-state index contributed by atoms with van der Waals surface area (Å²) in [5.74, 6) is -2.15. The van der Waals surface area contributed by atoms with Gasteiger partial charge < -0.3 is 0 Å². The SMILES string of the molecule is Cc1nc(N=Nc2[c]([Cr])cccc2C(CO)C(=O)O)sc1C. The first-order valence-electron chi connectivity index (χ1n) is 6.43. The average molecular weight is 356 g/mol. The van der Waals surface area contributed by atoms with Crippen LogP contribution in [0, 0.1) is 13.8 Å². The average Bonchev–Trinajstić information content (AvgIpc) is 2.77. The number of benzene rings is 1. The van der Waals surface area contributed by atoms with Crippen molar-refractivity contribution in [3.63, 3.8) is 0 Å². The molecule has 115 valence electrons. The summed E-state index contributed by atoms with van der Waals surface area (Å²) in [6.07, 6.45) is 0. The molecule has 0 spiro atoms. The van der Waals surface area contributed by atoms with E-state index >= 15 is 0 Å². The molecule has 1 unspecified atom stereocenters. The van der Waals surface area contributed by atoms with Gasteiger partial charge in [0.25, 0.3) is 0 Å². The molecule has 2 rings (SSSR count). The molecular weight excluding hydrogens is 342 g/mol. The summed E-state index contributed by atoms with van der Waals surface area (Å²) in [4.78, 5) is 16.6. The van der Waals surface area contributed by atoms with E-state index in [0.29, 0.717) is 20.8 Å². The second kappa shape index (κ2) is 7.12. The molecule has 2 aromatic rings. The van der Waals surface area contributed by atoms with E-state index in [0.717, 1.165) is 10.6 Å². The van der Waals surface area contributed by atoms with Crippen molar-refractivity contribution in [3.8, 4) is 0 Å². The maximum atomic E-state index is 11.3. The molecule has 0 aliphatic carbocycles. The van der Waals surface area contributed by atoms with Crippen LogP contribution in [0.1, 0.15) is 22.1 Å². The van der Waals surface area contributed by atoms with Gasteiger partial charge in [0.05, 0.1) is 0 Å². The quantitative estimate of drug-likeness (QED) is 0.805. The van der Waals surface area contributed by atoms with Crippen molar-refractivity contribution in [2.75, 3.05) is 6.61 Å². The van der Waals surface area contributed by atoms with E-state index in [9.17, 15) is 15.0 Å². The van der Waals surface area contributed by atoms with Gasteiger partial charge in [0.15, 0.2) is 0 Å². The molecule has 1 heterocycles. The molecule has 0 fully saturated rings. The number of hydrogen-bond acceptors (Lipinski definition) is 6. The van der Waals surface area contributed by atoms with E-state index in [1.54, 1.807) is 18.2 Å². The summed E-state index contributed by atoms with van der Waals surface area (Å²) in [7, 11) is 0. The Morgan fingerprint density at radius 2 is 2.14 bits per heavy atom. The van der Waals surface area contributed by atoms with Gasteiger partial charge in [0.2, 0.25) is 0 Å². The van der Waals surface area contributed by atoms with Gasteiger partial charge in [-0.1, -0.05) is 0 Å². The number of thiazole rings is 1. The Morgan fingerprint density at radius 1 is 1.41 bits per heavy atom. The van der Waals surface area contributed by atoms with Crippen molar-refractivity contribution in [1.29, 1.82) is 0 Å². The second-order valence-electron chi connectivity index (χ2n) is 4.61. The number of rotatable bonds is 5. The summed E-state index contributed by atoms with van der Waals surface area (Å²) >= 11 is 4.25. The first kappa shape index (κ1) is 16.8. The van der Waals surface area contributed by atoms with Crippen molar-refractivity contribution in [2.45, 2.75) is 19.8 Å². The first-order valence-corrected chi connectivity index (χ1v) is 7.88. The number of carboxylic acids is 1. The Balaban J connectivity index is 2.43. The molecule has 1 atom stereocenters. The summed E-state index contributed by atoms with van der Waals surface area (Å²) in [6.45, 7) is 3.34. The Morgan fingerprint density at radius 3 is 2.68 bits per heavy atom. The van der Waals surface area contributed by atoms with E-state index in [-0.39, 0.29) is 0 Å². The molecule has 0 amide bonds. The summed E-state index contributed by atoms with van der Waals surface area (Å²) in [6, 6.07) is 5.11. The zero-order valence-electron chi connectivity index (χ0n) is 12.0. The fourth-order valence-electron chi connectivity index (χ4n) is 1.83. The number of aromatic nitrogens is 1. The molecule has 0 saturated heterocycles. The van der Waals surface area contributed by atoms with Crippen LogP contribution in [0.4, 0.5) is 10.8 Å². The Kier molecular flexibility index (Phi) is 5.43. The topological polar surface area (TPSA) is 95.1 Å². The molecule has 22 heavy (non-hydrogen) atoms. The fourth-order valence-corrected chi connectivity index (χ4v) is 2.93. The molecule has 0 saturated carbocycles. The third kappa shape index (κ3) is 3.59. The zero-order chi connectivity index (χ0) is 16.3. The van der Waals surface area contributed by atoms with Crippen molar-refractivity contribution < 1.29 is 31.3 Å². The molecule has 8 heteroatoms. The van der Waals surface area contributed by atoms with Crippen molar-refractivity contribution in [3.05, 3.63) is 34.3 Å². The standard InChI is InChI=1S/C14H14N3O3S.Cr/c1-8-9(2)21-14(15-8)17-16-12-6-4-3-5-10(12)11(7-18)13(19)20;/h3-5,11,18H,7H2,1-2H3,(H,19,20);. The molecule has 0 aliphatic heterocycles. The number of nitrogens with zero attached hydrogens (tertiary/aromatic N) is 3. The molecule has 0 radical (unpaired) electrons. The number of hydrogen-bond donors (Lipinski definition) is 2. The maximum absolute atomic E-state index is 11.3. The van der Waals surface area contributed by atoms with Crippen molar-refractivity contribution in [2.24, 2.45) is 10.2 Å². The summed E-state index contributed by atoms with van der Waals surface area (Å²) in [5.41, 5.74) is 1.73. The number of azo groups is 1. The number of carboxylic acid groups (broad SMARTS) is 1. The van der Waals surface area contributed by atoms with Crippen LogP contribution >= 0.6 is 11.3 Å². The minimum absolute atomic E-state index is 0.412. The van der Waals surface area contributed by atoms with Crippen LogP contribution in [0.3, 0.4) is 0 Å². The van der Waals surface area contributed by atoms with Gasteiger partial charge in [-0.2, -0.15) is 0 Å². The summed E-state index contributed by atoms with van der Waals surface area (Å²) in [5, 5.41) is 27.3. The number of aryl methyl sites for hydroxylation is 2. The molecular formula is C14H14CrN3O3S. The normalized spacial score (nSPS) is 12.7. The zero-order valence-corrected chi connectivity index (χ0v) is 14.1. The van der Waals surface area contributed by atoms with Crippen LogP contribution in [-0.2, 0) is 21.1 Å². The number of aliphatic carboxylic acids is 1. The van der Waals surface area contributed by atoms with Crippen LogP contribution in [0.5, 0.6) is 0 Å². The Bertz CT molecular complexity index is 711.